The molecule has 0 fully saturated rings. The smallest absolute Gasteiger partial charge is 0.289 e. The van der Waals surface area contributed by atoms with Gasteiger partial charge < -0.3 is 14.2 Å². The van der Waals surface area contributed by atoms with E-state index in [0.717, 1.165) is 16.9 Å². The molecule has 0 aliphatic carbocycles. The number of carbonyl (C=O) groups is 1. The number of methoxy groups -OCH3 is 3. The van der Waals surface area contributed by atoms with Gasteiger partial charge in [0.15, 0.2) is 0 Å². The molecule has 0 spiro atoms. The monoisotopic (exact) mass is 380 g/mol. The Bertz CT molecular complexity index is 980. The van der Waals surface area contributed by atoms with Crippen molar-refractivity contribution in [2.75, 3.05) is 21.3 Å². The van der Waals surface area contributed by atoms with Crippen molar-refractivity contribution in [1.29, 1.82) is 0 Å². The topological polar surface area (TPSA) is 97.8 Å². The van der Waals surface area contributed by atoms with Crippen LogP contribution < -0.4 is 19.6 Å². The molecule has 1 heterocycles. The van der Waals surface area contributed by atoms with Gasteiger partial charge in [0, 0.05) is 11.6 Å². The Morgan fingerprint density at radius 1 is 1.00 bits per heavy atom. The normalized spacial score (nSPS) is 10.7. The lowest BCUT2D eigenvalue weighted by Gasteiger charge is -2.08. The molecule has 3 rings (SSSR count). The highest BCUT2D eigenvalue weighted by atomic mass is 16.5. The standard InChI is InChI=1S/C20H20N4O4/c1-26-14-6-4-13(5-7-14)12-21-24-20(25)18-11-17(22-23-18)16-9-8-15(27-2)10-19(16)28-3/h4-12H,1-3H3,(H,22,23)(H,24,25)/b21-12-. The number of benzene rings is 2. The number of aromatic amines is 1. The molecule has 144 valence electrons. The summed E-state index contributed by atoms with van der Waals surface area (Å²) in [5, 5.41) is 10.9. The highest BCUT2D eigenvalue weighted by molar-refractivity contribution is 5.94. The number of rotatable bonds is 7. The second kappa shape index (κ2) is 8.72. The van der Waals surface area contributed by atoms with Crippen molar-refractivity contribution >= 4 is 12.1 Å². The number of hydrazone groups is 1. The van der Waals surface area contributed by atoms with Crippen LogP contribution in [0.3, 0.4) is 0 Å². The zero-order valence-corrected chi connectivity index (χ0v) is 15.7. The Labute approximate surface area is 162 Å². The first-order valence-corrected chi connectivity index (χ1v) is 8.40. The summed E-state index contributed by atoms with van der Waals surface area (Å²) in [7, 11) is 4.74. The molecule has 2 aromatic carbocycles. The van der Waals surface area contributed by atoms with Crippen molar-refractivity contribution in [3.05, 3.63) is 59.8 Å². The first-order valence-electron chi connectivity index (χ1n) is 8.40. The fourth-order valence-electron chi connectivity index (χ4n) is 2.50. The van der Waals surface area contributed by atoms with Crippen LogP contribution in [-0.4, -0.2) is 43.6 Å². The molecule has 8 heteroatoms. The van der Waals surface area contributed by atoms with E-state index in [1.54, 1.807) is 45.7 Å². The molecule has 0 unspecified atom stereocenters. The quantitative estimate of drug-likeness (QED) is 0.485. The van der Waals surface area contributed by atoms with Crippen molar-refractivity contribution in [1.82, 2.24) is 15.6 Å². The van der Waals surface area contributed by atoms with E-state index in [-0.39, 0.29) is 5.69 Å². The molecule has 3 aromatic rings. The summed E-state index contributed by atoms with van der Waals surface area (Å²) in [6.45, 7) is 0. The van der Waals surface area contributed by atoms with Gasteiger partial charge in [-0.3, -0.25) is 9.89 Å². The molecule has 28 heavy (non-hydrogen) atoms. The van der Waals surface area contributed by atoms with Crippen LogP contribution in [0, 0.1) is 0 Å². The fourth-order valence-corrected chi connectivity index (χ4v) is 2.50. The number of hydrogen-bond donors (Lipinski definition) is 2. The number of ether oxygens (including phenoxy) is 3. The lowest BCUT2D eigenvalue weighted by Crippen LogP contribution is -2.17. The van der Waals surface area contributed by atoms with Crippen molar-refractivity contribution in [2.45, 2.75) is 0 Å². The summed E-state index contributed by atoms with van der Waals surface area (Å²) in [5.41, 5.74) is 4.88. The SMILES string of the molecule is COc1ccc(/C=N\NC(=O)c2cc(-c3ccc(OC)cc3OC)n[nH]2)cc1. The Hall–Kier alpha value is -3.81. The van der Waals surface area contributed by atoms with Gasteiger partial charge in [-0.05, 0) is 48.0 Å². The number of carbonyl (C=O) groups excluding carboxylic acids is 1. The van der Waals surface area contributed by atoms with E-state index < -0.39 is 5.91 Å². The van der Waals surface area contributed by atoms with Crippen molar-refractivity contribution in [3.8, 4) is 28.5 Å². The first-order chi connectivity index (χ1) is 13.6. The number of hydrogen-bond acceptors (Lipinski definition) is 6. The van der Waals surface area contributed by atoms with Gasteiger partial charge in [-0.2, -0.15) is 10.2 Å². The van der Waals surface area contributed by atoms with Gasteiger partial charge in [-0.15, -0.1) is 0 Å². The molecule has 1 amide bonds. The highest BCUT2D eigenvalue weighted by Crippen LogP contribution is 2.32. The minimum absolute atomic E-state index is 0.278. The largest absolute Gasteiger partial charge is 0.497 e. The predicted molar refractivity (Wildman–Crippen MR) is 105 cm³/mol. The van der Waals surface area contributed by atoms with Crippen molar-refractivity contribution in [3.63, 3.8) is 0 Å². The maximum Gasteiger partial charge on any atom is 0.289 e. The van der Waals surface area contributed by atoms with E-state index in [1.807, 2.05) is 30.3 Å². The van der Waals surface area contributed by atoms with Gasteiger partial charge in [-0.25, -0.2) is 5.43 Å². The Morgan fingerprint density at radius 3 is 2.39 bits per heavy atom. The predicted octanol–water partition coefficient (Wildman–Crippen LogP) is 2.87. The van der Waals surface area contributed by atoms with Crippen molar-refractivity contribution in [2.24, 2.45) is 5.10 Å². The molecule has 8 nitrogen and oxygen atoms in total. The number of amides is 1. The van der Waals surface area contributed by atoms with Crippen LogP contribution >= 0.6 is 0 Å². The molecule has 0 bridgehead atoms. The Morgan fingerprint density at radius 2 is 1.71 bits per heavy atom. The second-order valence-electron chi connectivity index (χ2n) is 5.71. The molecule has 0 atom stereocenters. The number of H-pyrrole nitrogens is 1. The van der Waals surface area contributed by atoms with E-state index in [9.17, 15) is 4.79 Å². The zero-order valence-electron chi connectivity index (χ0n) is 15.7. The third-order valence-electron chi connectivity index (χ3n) is 4.00. The maximum atomic E-state index is 12.3. The Balaban J connectivity index is 1.69. The Kier molecular flexibility index (Phi) is 5.91. The van der Waals surface area contributed by atoms with E-state index in [2.05, 4.69) is 20.7 Å². The fraction of sp³-hybridized carbons (Fsp3) is 0.150. The van der Waals surface area contributed by atoms with Crippen LogP contribution in [0.1, 0.15) is 16.1 Å². The molecule has 0 aliphatic rings. The van der Waals surface area contributed by atoms with Crippen LogP contribution in [0.4, 0.5) is 0 Å². The molecule has 0 radical (unpaired) electrons. The first kappa shape index (κ1) is 19.0. The van der Waals surface area contributed by atoms with Crippen LogP contribution in [0.2, 0.25) is 0 Å². The number of nitrogens with one attached hydrogen (secondary N) is 2. The van der Waals surface area contributed by atoms with Crippen LogP contribution in [0.5, 0.6) is 17.2 Å². The van der Waals surface area contributed by atoms with Gasteiger partial charge in [0.25, 0.3) is 5.91 Å². The lowest BCUT2D eigenvalue weighted by atomic mass is 10.1. The van der Waals surface area contributed by atoms with Gasteiger partial charge in [0.05, 0.1) is 33.2 Å². The minimum Gasteiger partial charge on any atom is -0.497 e. The summed E-state index contributed by atoms with van der Waals surface area (Å²) in [4.78, 5) is 12.3. The molecule has 0 saturated carbocycles. The molecule has 0 aliphatic heterocycles. The second-order valence-corrected chi connectivity index (χ2v) is 5.71. The van der Waals surface area contributed by atoms with Crippen LogP contribution in [0.15, 0.2) is 53.6 Å². The van der Waals surface area contributed by atoms with Gasteiger partial charge in [0.2, 0.25) is 0 Å². The van der Waals surface area contributed by atoms with Gasteiger partial charge in [0.1, 0.15) is 22.9 Å². The number of nitrogens with zero attached hydrogens (tertiary/aromatic N) is 2. The summed E-state index contributed by atoms with van der Waals surface area (Å²) in [6.07, 6.45) is 1.54. The summed E-state index contributed by atoms with van der Waals surface area (Å²) >= 11 is 0. The minimum atomic E-state index is -0.406. The van der Waals surface area contributed by atoms with Gasteiger partial charge >= 0.3 is 0 Å². The van der Waals surface area contributed by atoms with Crippen molar-refractivity contribution < 1.29 is 19.0 Å². The van der Waals surface area contributed by atoms with E-state index in [1.165, 1.54) is 0 Å². The van der Waals surface area contributed by atoms with E-state index >= 15 is 0 Å². The maximum absolute atomic E-state index is 12.3. The third-order valence-corrected chi connectivity index (χ3v) is 4.00. The average molecular weight is 380 g/mol. The summed E-state index contributed by atoms with van der Waals surface area (Å²) in [6, 6.07) is 14.3. The lowest BCUT2D eigenvalue weighted by molar-refractivity contribution is 0.0950. The van der Waals surface area contributed by atoms with Crippen LogP contribution in [-0.2, 0) is 0 Å². The highest BCUT2D eigenvalue weighted by Gasteiger charge is 2.14. The van der Waals surface area contributed by atoms with Gasteiger partial charge in [-0.1, -0.05) is 0 Å². The molecule has 1 aromatic heterocycles. The third kappa shape index (κ3) is 4.29. The van der Waals surface area contributed by atoms with E-state index in [4.69, 9.17) is 14.2 Å². The molecular weight excluding hydrogens is 360 g/mol. The average Bonchev–Trinajstić information content (AvgIpc) is 3.23. The molecular formula is C20H20N4O4. The number of aromatic nitrogens is 2. The molecule has 2 N–H and O–H groups in total. The zero-order chi connectivity index (χ0) is 19.9. The van der Waals surface area contributed by atoms with E-state index in [0.29, 0.717) is 17.2 Å². The summed E-state index contributed by atoms with van der Waals surface area (Å²) in [5.74, 6) is 1.61. The molecule has 0 saturated heterocycles. The summed E-state index contributed by atoms with van der Waals surface area (Å²) < 4.78 is 15.7. The van der Waals surface area contributed by atoms with Crippen LogP contribution in [0.25, 0.3) is 11.3 Å².